The molecule has 0 fully saturated rings. The Kier molecular flexibility index (Phi) is 3.24. The van der Waals surface area contributed by atoms with Gasteiger partial charge in [0.05, 0.1) is 24.5 Å². The summed E-state index contributed by atoms with van der Waals surface area (Å²) in [6, 6.07) is 1.50. The number of rotatable bonds is 3. The molecule has 0 saturated carbocycles. The summed E-state index contributed by atoms with van der Waals surface area (Å²) in [5.41, 5.74) is 0.564. The number of aromatic nitrogens is 2. The number of anilines is 1. The maximum absolute atomic E-state index is 11.4. The van der Waals surface area contributed by atoms with Gasteiger partial charge in [-0.2, -0.15) is 5.10 Å². The molecule has 78 valence electrons. The van der Waals surface area contributed by atoms with Crippen LogP contribution in [0, 0.1) is 0 Å². The summed E-state index contributed by atoms with van der Waals surface area (Å²) in [6.45, 7) is 1.85. The molecule has 0 aliphatic rings. The molecule has 0 radical (unpaired) electrons. The van der Waals surface area contributed by atoms with E-state index >= 15 is 0 Å². The molecule has 5 heteroatoms. The van der Waals surface area contributed by atoms with Crippen LogP contribution < -0.4 is 10.5 Å². The molecule has 0 spiro atoms. The van der Waals surface area contributed by atoms with Crippen molar-refractivity contribution >= 4 is 5.69 Å². The Labute approximate surface area is 82.6 Å². The third kappa shape index (κ3) is 2.56. The maximum Gasteiger partial charge on any atom is 0.268 e. The molecule has 1 rings (SSSR count). The highest BCUT2D eigenvalue weighted by atomic mass is 16.3. The van der Waals surface area contributed by atoms with Gasteiger partial charge in [-0.3, -0.25) is 4.79 Å². The van der Waals surface area contributed by atoms with Crippen LogP contribution in [0.5, 0.6) is 0 Å². The molecule has 1 N–H and O–H groups in total. The maximum atomic E-state index is 11.4. The Morgan fingerprint density at radius 2 is 2.29 bits per heavy atom. The first-order chi connectivity index (χ1) is 6.50. The lowest BCUT2D eigenvalue weighted by Gasteiger charge is -2.12. The zero-order valence-electron chi connectivity index (χ0n) is 8.64. The minimum atomic E-state index is -0.564. The van der Waals surface area contributed by atoms with E-state index in [1.807, 2.05) is 14.1 Å². The van der Waals surface area contributed by atoms with Crippen molar-refractivity contribution in [3.05, 3.63) is 22.6 Å². The molecule has 1 unspecified atom stereocenters. The summed E-state index contributed by atoms with van der Waals surface area (Å²) >= 11 is 0. The van der Waals surface area contributed by atoms with Crippen LogP contribution in [-0.2, 0) is 6.54 Å². The van der Waals surface area contributed by atoms with Crippen molar-refractivity contribution in [2.45, 2.75) is 19.6 Å². The number of aliphatic hydroxyl groups excluding tert-OH is 1. The summed E-state index contributed by atoms with van der Waals surface area (Å²) in [5, 5.41) is 13.0. The molecule has 1 aromatic heterocycles. The average molecular weight is 197 g/mol. The fourth-order valence-corrected chi connectivity index (χ4v) is 1.06. The van der Waals surface area contributed by atoms with Crippen LogP contribution in [0.1, 0.15) is 6.92 Å². The van der Waals surface area contributed by atoms with E-state index in [0.717, 1.165) is 5.69 Å². The van der Waals surface area contributed by atoms with Gasteiger partial charge in [0.15, 0.2) is 0 Å². The fraction of sp³-hybridized carbons (Fsp3) is 0.556. The number of hydrogen-bond donors (Lipinski definition) is 1. The summed E-state index contributed by atoms with van der Waals surface area (Å²) in [6.07, 6.45) is 1.04. The SMILES string of the molecule is CC(O)Cn1ncc(N(C)C)cc1=O. The highest BCUT2D eigenvalue weighted by Crippen LogP contribution is 2.03. The first-order valence-electron chi connectivity index (χ1n) is 4.43. The minimum absolute atomic E-state index is 0.197. The predicted octanol–water partition coefficient (Wildman–Crippen LogP) is -0.310. The van der Waals surface area contributed by atoms with E-state index in [-0.39, 0.29) is 12.1 Å². The topological polar surface area (TPSA) is 58.4 Å². The molecular formula is C9H15N3O2. The van der Waals surface area contributed by atoms with E-state index < -0.39 is 6.10 Å². The van der Waals surface area contributed by atoms with Gasteiger partial charge < -0.3 is 10.0 Å². The fourth-order valence-electron chi connectivity index (χ4n) is 1.06. The molecule has 0 saturated heterocycles. The molecule has 14 heavy (non-hydrogen) atoms. The zero-order valence-corrected chi connectivity index (χ0v) is 8.64. The molecule has 0 amide bonds. The molecule has 0 aliphatic carbocycles. The van der Waals surface area contributed by atoms with Gasteiger partial charge in [0.25, 0.3) is 5.56 Å². The molecule has 1 heterocycles. The quantitative estimate of drug-likeness (QED) is 0.722. The first-order valence-corrected chi connectivity index (χ1v) is 4.43. The van der Waals surface area contributed by atoms with Crippen LogP contribution in [0.25, 0.3) is 0 Å². The summed E-state index contributed by atoms with van der Waals surface area (Å²) in [5.74, 6) is 0. The summed E-state index contributed by atoms with van der Waals surface area (Å²) in [4.78, 5) is 13.2. The van der Waals surface area contributed by atoms with Gasteiger partial charge >= 0.3 is 0 Å². The van der Waals surface area contributed by atoms with Gasteiger partial charge in [0, 0.05) is 20.2 Å². The van der Waals surface area contributed by atoms with Crippen molar-refractivity contribution in [3.8, 4) is 0 Å². The third-order valence-electron chi connectivity index (χ3n) is 1.81. The van der Waals surface area contributed by atoms with Crippen molar-refractivity contribution in [1.29, 1.82) is 0 Å². The molecule has 5 nitrogen and oxygen atoms in total. The van der Waals surface area contributed by atoms with Crippen molar-refractivity contribution in [2.24, 2.45) is 0 Å². The van der Waals surface area contributed by atoms with Gasteiger partial charge in [-0.15, -0.1) is 0 Å². The Bertz CT molecular complexity index is 357. The second-order valence-corrected chi connectivity index (χ2v) is 3.48. The number of aliphatic hydroxyl groups is 1. The van der Waals surface area contributed by atoms with E-state index in [0.29, 0.717) is 0 Å². The Morgan fingerprint density at radius 3 is 2.71 bits per heavy atom. The smallest absolute Gasteiger partial charge is 0.268 e. The van der Waals surface area contributed by atoms with E-state index in [4.69, 9.17) is 5.11 Å². The monoisotopic (exact) mass is 197 g/mol. The van der Waals surface area contributed by atoms with Crippen LogP contribution in [-0.4, -0.2) is 35.1 Å². The Morgan fingerprint density at radius 1 is 1.64 bits per heavy atom. The van der Waals surface area contributed by atoms with Crippen molar-refractivity contribution in [1.82, 2.24) is 9.78 Å². The van der Waals surface area contributed by atoms with Gasteiger partial charge in [-0.25, -0.2) is 4.68 Å². The first kappa shape index (κ1) is 10.7. The highest BCUT2D eigenvalue weighted by molar-refractivity contribution is 5.40. The van der Waals surface area contributed by atoms with E-state index in [1.165, 1.54) is 10.7 Å². The van der Waals surface area contributed by atoms with Crippen molar-refractivity contribution < 1.29 is 5.11 Å². The second-order valence-electron chi connectivity index (χ2n) is 3.48. The Balaban J connectivity index is 2.96. The standard InChI is InChI=1S/C9H15N3O2/c1-7(13)6-12-9(14)4-8(5-10-12)11(2)3/h4-5,7,13H,6H2,1-3H3. The summed E-state index contributed by atoms with van der Waals surface area (Å²) in [7, 11) is 3.69. The van der Waals surface area contributed by atoms with Crippen LogP contribution in [0.3, 0.4) is 0 Å². The largest absolute Gasteiger partial charge is 0.391 e. The van der Waals surface area contributed by atoms with Crippen LogP contribution in [0.15, 0.2) is 17.1 Å². The van der Waals surface area contributed by atoms with Crippen LogP contribution in [0.4, 0.5) is 5.69 Å². The zero-order chi connectivity index (χ0) is 10.7. The van der Waals surface area contributed by atoms with Crippen LogP contribution in [0.2, 0.25) is 0 Å². The summed E-state index contributed by atoms with van der Waals surface area (Å²) < 4.78 is 1.25. The Hall–Kier alpha value is -1.36. The molecular weight excluding hydrogens is 182 g/mol. The normalized spacial score (nSPS) is 12.6. The van der Waals surface area contributed by atoms with Crippen molar-refractivity contribution in [2.75, 3.05) is 19.0 Å². The lowest BCUT2D eigenvalue weighted by molar-refractivity contribution is 0.166. The molecule has 0 aliphatic heterocycles. The number of nitrogens with zero attached hydrogens (tertiary/aromatic N) is 3. The van der Waals surface area contributed by atoms with Crippen LogP contribution >= 0.6 is 0 Å². The van der Waals surface area contributed by atoms with Gasteiger partial charge in [-0.1, -0.05) is 0 Å². The van der Waals surface area contributed by atoms with Crippen molar-refractivity contribution in [3.63, 3.8) is 0 Å². The third-order valence-corrected chi connectivity index (χ3v) is 1.81. The van der Waals surface area contributed by atoms with Gasteiger partial charge in [0.2, 0.25) is 0 Å². The lowest BCUT2D eigenvalue weighted by atomic mass is 10.4. The van der Waals surface area contributed by atoms with Gasteiger partial charge in [0.1, 0.15) is 0 Å². The van der Waals surface area contributed by atoms with E-state index in [1.54, 1.807) is 18.0 Å². The molecule has 1 atom stereocenters. The second kappa shape index (κ2) is 4.23. The molecule has 0 bridgehead atoms. The van der Waals surface area contributed by atoms with E-state index in [2.05, 4.69) is 5.10 Å². The average Bonchev–Trinajstić information content (AvgIpc) is 2.07. The molecule has 1 aromatic rings. The number of hydrogen-bond acceptors (Lipinski definition) is 4. The van der Waals surface area contributed by atoms with E-state index in [9.17, 15) is 4.79 Å². The van der Waals surface area contributed by atoms with Gasteiger partial charge in [-0.05, 0) is 6.92 Å². The highest BCUT2D eigenvalue weighted by Gasteiger charge is 2.03. The molecule has 0 aromatic carbocycles. The lowest BCUT2D eigenvalue weighted by Crippen LogP contribution is -2.28. The minimum Gasteiger partial charge on any atom is -0.391 e. The predicted molar refractivity (Wildman–Crippen MR) is 54.5 cm³/mol.